The molecule has 6 heteroatoms. The molecule has 0 aliphatic heterocycles. The number of sulfonamides is 1. The molecular formula is C12H15BrN2O2S. The fourth-order valence-electron chi connectivity index (χ4n) is 1.49. The smallest absolute Gasteiger partial charge is 0.207 e. The van der Waals surface area contributed by atoms with Crippen molar-refractivity contribution in [3.8, 4) is 6.07 Å². The second-order valence-corrected chi connectivity index (χ2v) is 6.56. The largest absolute Gasteiger partial charge is 0.241 e. The fourth-order valence-corrected chi connectivity index (χ4v) is 4.00. The molecule has 0 bridgehead atoms. The summed E-state index contributed by atoms with van der Waals surface area (Å²) in [6.45, 7) is 3.73. The number of hydrogen-bond acceptors (Lipinski definition) is 3. The lowest BCUT2D eigenvalue weighted by atomic mass is 10.2. The lowest BCUT2D eigenvalue weighted by Crippen LogP contribution is -2.34. The molecule has 98 valence electrons. The average molecular weight is 331 g/mol. The number of halogens is 1. The van der Waals surface area contributed by atoms with Crippen molar-refractivity contribution in [2.45, 2.75) is 37.6 Å². The highest BCUT2D eigenvalue weighted by Crippen LogP contribution is 2.23. The minimum atomic E-state index is -3.59. The summed E-state index contributed by atoms with van der Waals surface area (Å²) in [5.41, 5.74) is 0.977. The molecule has 0 heterocycles. The molecule has 0 fully saturated rings. The van der Waals surface area contributed by atoms with Crippen LogP contribution in [-0.2, 0) is 10.0 Å². The summed E-state index contributed by atoms with van der Waals surface area (Å²) in [6, 6.07) is 6.67. The lowest BCUT2D eigenvalue weighted by molar-refractivity contribution is 0.542. The first-order valence-electron chi connectivity index (χ1n) is 5.56. The van der Waals surface area contributed by atoms with Gasteiger partial charge in [-0.15, -0.1) is 0 Å². The van der Waals surface area contributed by atoms with Crippen molar-refractivity contribution in [2.24, 2.45) is 0 Å². The Morgan fingerprint density at radius 1 is 1.50 bits per heavy atom. The van der Waals surface area contributed by atoms with Crippen molar-refractivity contribution >= 4 is 26.0 Å². The third-order valence-electron chi connectivity index (χ3n) is 2.53. The van der Waals surface area contributed by atoms with E-state index in [1.165, 1.54) is 0 Å². The van der Waals surface area contributed by atoms with E-state index >= 15 is 0 Å². The summed E-state index contributed by atoms with van der Waals surface area (Å²) >= 11 is 3.25. The zero-order valence-electron chi connectivity index (χ0n) is 10.3. The number of benzene rings is 1. The van der Waals surface area contributed by atoms with Gasteiger partial charge in [0.15, 0.2) is 0 Å². The predicted molar refractivity (Wildman–Crippen MR) is 73.5 cm³/mol. The molecule has 1 unspecified atom stereocenters. The zero-order valence-corrected chi connectivity index (χ0v) is 12.7. The molecule has 1 N–H and O–H groups in total. The highest BCUT2D eigenvalue weighted by atomic mass is 79.9. The molecule has 0 aromatic heterocycles. The lowest BCUT2D eigenvalue weighted by Gasteiger charge is -2.15. The van der Waals surface area contributed by atoms with Gasteiger partial charge in [0.1, 0.15) is 0 Å². The number of nitriles is 1. The summed E-state index contributed by atoms with van der Waals surface area (Å²) in [4.78, 5) is 0.199. The standard InChI is InChI=1S/C12H15BrN2O2S/c1-3-10(6-7-14)15-18(16,17)12-5-4-9(2)8-11(12)13/h4-5,8,10,15H,3,6H2,1-2H3. The maximum absolute atomic E-state index is 12.2. The average Bonchev–Trinajstić information content (AvgIpc) is 2.27. The monoisotopic (exact) mass is 330 g/mol. The third kappa shape index (κ3) is 3.80. The molecular weight excluding hydrogens is 316 g/mol. The second kappa shape index (κ2) is 6.32. The van der Waals surface area contributed by atoms with Crippen molar-refractivity contribution in [3.63, 3.8) is 0 Å². The number of nitrogens with one attached hydrogen (secondary N) is 1. The molecule has 0 saturated carbocycles. The van der Waals surface area contributed by atoms with E-state index in [1.807, 2.05) is 19.9 Å². The van der Waals surface area contributed by atoms with Gasteiger partial charge in [0.25, 0.3) is 0 Å². The molecule has 0 saturated heterocycles. The maximum atomic E-state index is 12.2. The Balaban J connectivity index is 3.03. The van der Waals surface area contributed by atoms with Crippen LogP contribution in [0.15, 0.2) is 27.6 Å². The quantitative estimate of drug-likeness (QED) is 0.902. The van der Waals surface area contributed by atoms with Gasteiger partial charge in [-0.2, -0.15) is 5.26 Å². The van der Waals surface area contributed by atoms with Crippen molar-refractivity contribution in [1.29, 1.82) is 5.26 Å². The van der Waals surface area contributed by atoms with Crippen LogP contribution < -0.4 is 4.72 Å². The van der Waals surface area contributed by atoms with Crippen molar-refractivity contribution < 1.29 is 8.42 Å². The Hall–Kier alpha value is -0.900. The Bertz CT molecular complexity index is 564. The van der Waals surface area contributed by atoms with Crippen LogP contribution in [0.5, 0.6) is 0 Å². The zero-order chi connectivity index (χ0) is 13.8. The van der Waals surface area contributed by atoms with Gasteiger partial charge in [-0.05, 0) is 47.0 Å². The van der Waals surface area contributed by atoms with Crippen molar-refractivity contribution in [2.75, 3.05) is 0 Å². The molecule has 0 aliphatic rings. The number of hydrogen-bond donors (Lipinski definition) is 1. The van der Waals surface area contributed by atoms with Crippen LogP contribution in [0.25, 0.3) is 0 Å². The molecule has 0 radical (unpaired) electrons. The maximum Gasteiger partial charge on any atom is 0.241 e. The Kier molecular flexibility index (Phi) is 5.32. The number of rotatable bonds is 5. The SMILES string of the molecule is CCC(CC#N)NS(=O)(=O)c1ccc(C)cc1Br. The summed E-state index contributed by atoms with van der Waals surface area (Å²) in [5.74, 6) is 0. The summed E-state index contributed by atoms with van der Waals surface area (Å²) < 4.78 is 27.4. The van der Waals surface area contributed by atoms with Gasteiger partial charge in [0, 0.05) is 10.5 Å². The van der Waals surface area contributed by atoms with Crippen molar-refractivity contribution in [3.05, 3.63) is 28.2 Å². The van der Waals surface area contributed by atoms with Crippen molar-refractivity contribution in [1.82, 2.24) is 4.72 Å². The van der Waals surface area contributed by atoms with Crippen LogP contribution in [-0.4, -0.2) is 14.5 Å². The van der Waals surface area contributed by atoms with E-state index in [-0.39, 0.29) is 17.4 Å². The van der Waals surface area contributed by atoms with Crippen LogP contribution in [0, 0.1) is 18.3 Å². The van der Waals surface area contributed by atoms with Gasteiger partial charge in [-0.3, -0.25) is 0 Å². The molecule has 1 aromatic rings. The van der Waals surface area contributed by atoms with E-state index in [4.69, 9.17) is 5.26 Å². The third-order valence-corrected chi connectivity index (χ3v) is 5.03. The van der Waals surface area contributed by atoms with E-state index in [0.29, 0.717) is 10.9 Å². The topological polar surface area (TPSA) is 70.0 Å². The number of aryl methyl sites for hydroxylation is 1. The first-order valence-corrected chi connectivity index (χ1v) is 7.83. The Morgan fingerprint density at radius 2 is 2.17 bits per heavy atom. The first kappa shape index (κ1) is 15.2. The fraction of sp³-hybridized carbons (Fsp3) is 0.417. The molecule has 18 heavy (non-hydrogen) atoms. The van der Waals surface area contributed by atoms with Gasteiger partial charge in [0.2, 0.25) is 10.0 Å². The normalized spacial score (nSPS) is 13.0. The van der Waals surface area contributed by atoms with Gasteiger partial charge < -0.3 is 0 Å². The van der Waals surface area contributed by atoms with Gasteiger partial charge in [-0.25, -0.2) is 13.1 Å². The molecule has 0 spiro atoms. The molecule has 1 rings (SSSR count). The molecule has 0 aliphatic carbocycles. The summed E-state index contributed by atoms with van der Waals surface area (Å²) in [7, 11) is -3.59. The molecule has 1 atom stereocenters. The summed E-state index contributed by atoms with van der Waals surface area (Å²) in [5, 5.41) is 8.63. The van der Waals surface area contributed by atoms with E-state index in [0.717, 1.165) is 5.56 Å². The van der Waals surface area contributed by atoms with Crippen LogP contribution in [0.4, 0.5) is 0 Å². The van der Waals surface area contributed by atoms with Gasteiger partial charge in [0.05, 0.1) is 17.4 Å². The first-order chi connectivity index (χ1) is 8.40. The van der Waals surface area contributed by atoms with E-state index in [2.05, 4.69) is 20.7 Å². The van der Waals surface area contributed by atoms with E-state index in [9.17, 15) is 8.42 Å². The highest BCUT2D eigenvalue weighted by molar-refractivity contribution is 9.10. The Labute approximate surface area is 116 Å². The van der Waals surface area contributed by atoms with Gasteiger partial charge in [-0.1, -0.05) is 13.0 Å². The van der Waals surface area contributed by atoms with Crippen LogP contribution in [0.3, 0.4) is 0 Å². The van der Waals surface area contributed by atoms with E-state index < -0.39 is 10.0 Å². The second-order valence-electron chi connectivity index (χ2n) is 4.02. The minimum absolute atomic E-state index is 0.166. The van der Waals surface area contributed by atoms with Crippen LogP contribution in [0.1, 0.15) is 25.3 Å². The highest BCUT2D eigenvalue weighted by Gasteiger charge is 2.21. The predicted octanol–water partition coefficient (Wildman–Crippen LogP) is 2.73. The number of nitrogens with zero attached hydrogens (tertiary/aromatic N) is 1. The summed E-state index contributed by atoms with van der Waals surface area (Å²) in [6.07, 6.45) is 0.746. The van der Waals surface area contributed by atoms with Crippen LogP contribution in [0.2, 0.25) is 0 Å². The molecule has 4 nitrogen and oxygen atoms in total. The van der Waals surface area contributed by atoms with Crippen LogP contribution >= 0.6 is 15.9 Å². The molecule has 1 aromatic carbocycles. The minimum Gasteiger partial charge on any atom is -0.207 e. The van der Waals surface area contributed by atoms with Gasteiger partial charge >= 0.3 is 0 Å². The molecule has 0 amide bonds. The Morgan fingerprint density at radius 3 is 2.67 bits per heavy atom. The van der Waals surface area contributed by atoms with E-state index in [1.54, 1.807) is 18.2 Å².